The molecule has 1 atom stereocenters. The molecule has 1 fully saturated rings. The van der Waals surface area contributed by atoms with E-state index in [1.54, 1.807) is 25.1 Å². The molecular formula is C13H20N2O4S2. The minimum absolute atomic E-state index is 0.0323. The smallest absolute Gasteiger partial charge is 0.242 e. The maximum Gasteiger partial charge on any atom is 0.242 e. The van der Waals surface area contributed by atoms with Gasteiger partial charge in [-0.2, -0.15) is 0 Å². The molecule has 2 rings (SSSR count). The fraction of sp³-hybridized carbons (Fsp3) is 0.538. The Labute approximate surface area is 125 Å². The summed E-state index contributed by atoms with van der Waals surface area (Å²) in [4.78, 5) is 0.188. The van der Waals surface area contributed by atoms with Gasteiger partial charge in [0, 0.05) is 13.1 Å². The summed E-state index contributed by atoms with van der Waals surface area (Å²) in [6.07, 6.45) is 0.622. The van der Waals surface area contributed by atoms with Gasteiger partial charge in [-0.3, -0.25) is 0 Å². The van der Waals surface area contributed by atoms with Gasteiger partial charge in [-0.1, -0.05) is 19.1 Å². The fourth-order valence-corrected chi connectivity index (χ4v) is 5.49. The van der Waals surface area contributed by atoms with E-state index in [4.69, 9.17) is 0 Å². The molecule has 0 amide bonds. The molecule has 2 N–H and O–H groups in total. The first kappa shape index (κ1) is 16.3. The van der Waals surface area contributed by atoms with Crippen LogP contribution in [0, 0.1) is 5.92 Å². The van der Waals surface area contributed by atoms with Crippen molar-refractivity contribution in [3.8, 4) is 0 Å². The molecule has 1 aliphatic heterocycles. The van der Waals surface area contributed by atoms with Gasteiger partial charge in [0.2, 0.25) is 10.0 Å². The highest BCUT2D eigenvalue weighted by Crippen LogP contribution is 2.23. The van der Waals surface area contributed by atoms with Crippen LogP contribution in [0.2, 0.25) is 0 Å². The van der Waals surface area contributed by atoms with Gasteiger partial charge >= 0.3 is 0 Å². The lowest BCUT2D eigenvalue weighted by atomic mass is 10.1. The summed E-state index contributed by atoms with van der Waals surface area (Å²) in [5.41, 5.74) is 0.503. The third-order valence-corrected chi connectivity index (χ3v) is 6.86. The normalized spacial score (nSPS) is 21.3. The molecule has 0 radical (unpaired) electrons. The number of sulfonamides is 1. The number of para-hydroxylation sites is 1. The van der Waals surface area contributed by atoms with Crippen LogP contribution < -0.4 is 10.0 Å². The zero-order chi connectivity index (χ0) is 15.5. The van der Waals surface area contributed by atoms with Gasteiger partial charge in [-0.25, -0.2) is 21.6 Å². The standard InChI is InChI=1S/C13H20N2O4S2/c1-2-15-21(18,19)13-6-4-3-5-12(13)14-9-11-7-8-20(16,17)10-11/h3-6,11,14-15H,2,7-10H2,1H3. The zero-order valence-electron chi connectivity index (χ0n) is 11.9. The molecule has 0 aliphatic carbocycles. The molecule has 0 spiro atoms. The molecule has 1 heterocycles. The second-order valence-electron chi connectivity index (χ2n) is 5.15. The van der Waals surface area contributed by atoms with E-state index in [9.17, 15) is 16.8 Å². The van der Waals surface area contributed by atoms with E-state index >= 15 is 0 Å². The SMILES string of the molecule is CCNS(=O)(=O)c1ccccc1NCC1CCS(=O)(=O)C1. The highest BCUT2D eigenvalue weighted by Gasteiger charge is 2.28. The van der Waals surface area contributed by atoms with Crippen LogP contribution in [-0.2, 0) is 19.9 Å². The lowest BCUT2D eigenvalue weighted by Gasteiger charge is -2.15. The van der Waals surface area contributed by atoms with Crippen LogP contribution >= 0.6 is 0 Å². The van der Waals surface area contributed by atoms with Crippen LogP contribution in [0.5, 0.6) is 0 Å². The molecule has 8 heteroatoms. The third-order valence-electron chi connectivity index (χ3n) is 3.42. The summed E-state index contributed by atoms with van der Waals surface area (Å²) < 4.78 is 49.5. The summed E-state index contributed by atoms with van der Waals surface area (Å²) in [6.45, 7) is 2.49. The summed E-state index contributed by atoms with van der Waals surface area (Å²) >= 11 is 0. The van der Waals surface area contributed by atoms with Crippen LogP contribution in [0.15, 0.2) is 29.2 Å². The summed E-state index contributed by atoms with van der Waals surface area (Å²) in [6, 6.07) is 6.63. The molecule has 21 heavy (non-hydrogen) atoms. The topological polar surface area (TPSA) is 92.3 Å². The average molecular weight is 332 g/mol. The van der Waals surface area contributed by atoms with Crippen LogP contribution in [0.4, 0.5) is 5.69 Å². The first-order chi connectivity index (χ1) is 9.84. The first-order valence-electron chi connectivity index (χ1n) is 6.87. The molecule has 1 aromatic carbocycles. The van der Waals surface area contributed by atoms with Gasteiger partial charge in [0.05, 0.1) is 17.2 Å². The van der Waals surface area contributed by atoms with Crippen molar-refractivity contribution in [2.75, 3.05) is 29.9 Å². The van der Waals surface area contributed by atoms with Crippen molar-refractivity contribution in [3.63, 3.8) is 0 Å². The van der Waals surface area contributed by atoms with Gasteiger partial charge in [-0.05, 0) is 24.5 Å². The first-order valence-corrected chi connectivity index (χ1v) is 10.2. The number of rotatable bonds is 6. The number of sulfone groups is 1. The van der Waals surface area contributed by atoms with E-state index in [-0.39, 0.29) is 22.3 Å². The molecule has 1 unspecified atom stereocenters. The van der Waals surface area contributed by atoms with E-state index < -0.39 is 19.9 Å². The molecule has 0 bridgehead atoms. The maximum absolute atomic E-state index is 12.1. The molecule has 118 valence electrons. The van der Waals surface area contributed by atoms with Gasteiger partial charge in [-0.15, -0.1) is 0 Å². The lowest BCUT2D eigenvalue weighted by Crippen LogP contribution is -2.25. The minimum atomic E-state index is -3.54. The third kappa shape index (κ3) is 4.18. The number of nitrogens with one attached hydrogen (secondary N) is 2. The highest BCUT2D eigenvalue weighted by atomic mass is 32.2. The predicted molar refractivity (Wildman–Crippen MR) is 82.6 cm³/mol. The molecule has 1 saturated heterocycles. The molecule has 1 aliphatic rings. The molecular weight excluding hydrogens is 312 g/mol. The van der Waals surface area contributed by atoms with E-state index in [0.717, 1.165) is 0 Å². The van der Waals surface area contributed by atoms with Gasteiger partial charge in [0.15, 0.2) is 9.84 Å². The molecule has 0 saturated carbocycles. The van der Waals surface area contributed by atoms with Gasteiger partial charge in [0.25, 0.3) is 0 Å². The van der Waals surface area contributed by atoms with E-state index in [1.807, 2.05) is 0 Å². The van der Waals surface area contributed by atoms with E-state index in [2.05, 4.69) is 10.0 Å². The van der Waals surface area contributed by atoms with Crippen molar-refractivity contribution < 1.29 is 16.8 Å². The Morgan fingerprint density at radius 2 is 2.00 bits per heavy atom. The van der Waals surface area contributed by atoms with E-state index in [1.165, 1.54) is 6.07 Å². The Morgan fingerprint density at radius 1 is 1.29 bits per heavy atom. The zero-order valence-corrected chi connectivity index (χ0v) is 13.5. The average Bonchev–Trinajstić information content (AvgIpc) is 2.76. The Bertz CT molecular complexity index is 699. The molecule has 1 aromatic rings. The minimum Gasteiger partial charge on any atom is -0.384 e. The fourth-order valence-electron chi connectivity index (χ4n) is 2.40. The molecule has 6 nitrogen and oxygen atoms in total. The van der Waals surface area contributed by atoms with Gasteiger partial charge in [0.1, 0.15) is 4.90 Å². The van der Waals surface area contributed by atoms with Crippen molar-refractivity contribution in [2.24, 2.45) is 5.92 Å². The van der Waals surface area contributed by atoms with Gasteiger partial charge < -0.3 is 5.32 Å². The largest absolute Gasteiger partial charge is 0.384 e. The van der Waals surface area contributed by atoms with Crippen molar-refractivity contribution >= 4 is 25.5 Å². The van der Waals surface area contributed by atoms with Crippen LogP contribution in [-0.4, -0.2) is 41.4 Å². The monoisotopic (exact) mass is 332 g/mol. The van der Waals surface area contributed by atoms with E-state index in [0.29, 0.717) is 25.2 Å². The predicted octanol–water partition coefficient (Wildman–Crippen LogP) is 0.831. The van der Waals surface area contributed by atoms with Crippen LogP contribution in [0.1, 0.15) is 13.3 Å². The second-order valence-corrected chi connectivity index (χ2v) is 9.11. The molecule has 0 aromatic heterocycles. The van der Waals surface area contributed by atoms with Crippen LogP contribution in [0.3, 0.4) is 0 Å². The van der Waals surface area contributed by atoms with Crippen molar-refractivity contribution in [2.45, 2.75) is 18.2 Å². The second kappa shape index (κ2) is 6.33. The van der Waals surface area contributed by atoms with Crippen molar-refractivity contribution in [3.05, 3.63) is 24.3 Å². The number of benzene rings is 1. The number of hydrogen-bond donors (Lipinski definition) is 2. The lowest BCUT2D eigenvalue weighted by molar-refractivity contribution is 0.582. The summed E-state index contributed by atoms with van der Waals surface area (Å²) in [7, 11) is -6.46. The Kier molecular flexibility index (Phi) is 4.90. The maximum atomic E-state index is 12.1. The summed E-state index contributed by atoms with van der Waals surface area (Å²) in [5, 5.41) is 3.07. The highest BCUT2D eigenvalue weighted by molar-refractivity contribution is 7.91. The van der Waals surface area contributed by atoms with Crippen molar-refractivity contribution in [1.82, 2.24) is 4.72 Å². The number of hydrogen-bond acceptors (Lipinski definition) is 5. The Hall–Kier alpha value is -1.12. The quantitative estimate of drug-likeness (QED) is 0.805. The number of anilines is 1. The Morgan fingerprint density at radius 3 is 2.62 bits per heavy atom. The summed E-state index contributed by atoms with van der Waals surface area (Å²) in [5.74, 6) is 0.420. The van der Waals surface area contributed by atoms with Crippen LogP contribution in [0.25, 0.3) is 0 Å². The van der Waals surface area contributed by atoms with Crippen molar-refractivity contribution in [1.29, 1.82) is 0 Å². The Balaban J connectivity index is 2.11.